The summed E-state index contributed by atoms with van der Waals surface area (Å²) < 4.78 is 4.98. The molecule has 0 rings (SSSR count). The van der Waals surface area contributed by atoms with Gasteiger partial charge in [-0.15, -0.1) is 0 Å². The third-order valence-electron chi connectivity index (χ3n) is 1.89. The van der Waals surface area contributed by atoms with Crippen molar-refractivity contribution in [1.29, 1.82) is 0 Å². The summed E-state index contributed by atoms with van der Waals surface area (Å²) in [5.74, 6) is -0.460. The van der Waals surface area contributed by atoms with Gasteiger partial charge in [-0.2, -0.15) is 0 Å². The summed E-state index contributed by atoms with van der Waals surface area (Å²) in [6.07, 6.45) is -2.05. The number of alkyl carbamates (subject to hydrolysis) is 1. The minimum Gasteiger partial charge on any atom is -0.465 e. The topological polar surface area (TPSA) is 108 Å². The second-order valence-corrected chi connectivity index (χ2v) is 5.12. The molecule has 110 valence electrons. The van der Waals surface area contributed by atoms with E-state index in [1.165, 1.54) is 19.0 Å². The number of carbonyl (C=O) groups excluding carboxylic acids is 2. The standard InChI is InChI=1S/C11H21N3O5/c1-11(2,3)19-10(18)12-6-7(13-9(16)17)8(15)14(4)5/h7,13H,6H2,1-5H3,(H,12,18)(H,16,17)/t7-/m1/s1. The Kier molecular flexibility index (Phi) is 6.10. The van der Waals surface area contributed by atoms with Crippen LogP contribution >= 0.6 is 0 Å². The van der Waals surface area contributed by atoms with Crippen LogP contribution in [-0.4, -0.2) is 60.4 Å². The van der Waals surface area contributed by atoms with Crippen molar-refractivity contribution < 1.29 is 24.2 Å². The quantitative estimate of drug-likeness (QED) is 0.681. The molecule has 3 N–H and O–H groups in total. The van der Waals surface area contributed by atoms with Gasteiger partial charge in [0.2, 0.25) is 5.91 Å². The lowest BCUT2D eigenvalue weighted by Gasteiger charge is -2.23. The highest BCUT2D eigenvalue weighted by Crippen LogP contribution is 2.06. The summed E-state index contributed by atoms with van der Waals surface area (Å²) >= 11 is 0. The van der Waals surface area contributed by atoms with E-state index < -0.39 is 29.7 Å². The molecule has 0 aliphatic rings. The molecule has 19 heavy (non-hydrogen) atoms. The Morgan fingerprint density at radius 1 is 1.26 bits per heavy atom. The second-order valence-electron chi connectivity index (χ2n) is 5.12. The molecule has 1 atom stereocenters. The van der Waals surface area contributed by atoms with Crippen LogP contribution in [0.3, 0.4) is 0 Å². The van der Waals surface area contributed by atoms with E-state index in [0.717, 1.165) is 0 Å². The lowest BCUT2D eigenvalue weighted by Crippen LogP contribution is -2.52. The van der Waals surface area contributed by atoms with E-state index in [1.807, 2.05) is 5.32 Å². The number of nitrogens with zero attached hydrogens (tertiary/aromatic N) is 1. The first-order valence-electron chi connectivity index (χ1n) is 5.70. The van der Waals surface area contributed by atoms with E-state index >= 15 is 0 Å². The van der Waals surface area contributed by atoms with Crippen molar-refractivity contribution in [1.82, 2.24) is 15.5 Å². The molecule has 0 spiro atoms. The van der Waals surface area contributed by atoms with E-state index in [-0.39, 0.29) is 6.54 Å². The highest BCUT2D eigenvalue weighted by molar-refractivity contribution is 5.85. The molecule has 0 saturated carbocycles. The van der Waals surface area contributed by atoms with Gasteiger partial charge in [0.05, 0.1) is 6.54 Å². The first-order valence-corrected chi connectivity index (χ1v) is 5.70. The van der Waals surface area contributed by atoms with Crippen molar-refractivity contribution >= 4 is 18.1 Å². The van der Waals surface area contributed by atoms with E-state index in [0.29, 0.717) is 0 Å². The number of ether oxygens (including phenoxy) is 1. The Balaban J connectivity index is 4.46. The number of hydrogen-bond donors (Lipinski definition) is 3. The van der Waals surface area contributed by atoms with Gasteiger partial charge in [0.1, 0.15) is 11.6 Å². The van der Waals surface area contributed by atoms with Crippen LogP contribution < -0.4 is 10.6 Å². The molecule has 0 unspecified atom stereocenters. The van der Waals surface area contributed by atoms with E-state index in [2.05, 4.69) is 5.32 Å². The van der Waals surface area contributed by atoms with Crippen LogP contribution in [0, 0.1) is 0 Å². The number of likely N-dealkylation sites (N-methyl/N-ethyl adjacent to an activating group) is 1. The van der Waals surface area contributed by atoms with Crippen LogP contribution in [-0.2, 0) is 9.53 Å². The average Bonchev–Trinajstić information content (AvgIpc) is 2.19. The predicted molar refractivity (Wildman–Crippen MR) is 67.9 cm³/mol. The third-order valence-corrected chi connectivity index (χ3v) is 1.89. The Morgan fingerprint density at radius 2 is 1.79 bits per heavy atom. The Morgan fingerprint density at radius 3 is 2.16 bits per heavy atom. The molecule has 8 nitrogen and oxygen atoms in total. The zero-order valence-electron chi connectivity index (χ0n) is 11.8. The summed E-state index contributed by atoms with van der Waals surface area (Å²) in [6.45, 7) is 4.91. The number of hydrogen-bond acceptors (Lipinski definition) is 4. The van der Waals surface area contributed by atoms with Crippen LogP contribution in [0.25, 0.3) is 0 Å². The van der Waals surface area contributed by atoms with Gasteiger partial charge in [-0.3, -0.25) is 4.79 Å². The minimum atomic E-state index is -1.34. The summed E-state index contributed by atoms with van der Waals surface area (Å²) in [4.78, 5) is 34.9. The smallest absolute Gasteiger partial charge is 0.407 e. The fraction of sp³-hybridized carbons (Fsp3) is 0.727. The van der Waals surface area contributed by atoms with Crippen LogP contribution in [0.2, 0.25) is 0 Å². The molecule has 0 saturated heterocycles. The zero-order valence-corrected chi connectivity index (χ0v) is 11.8. The largest absolute Gasteiger partial charge is 0.465 e. The van der Waals surface area contributed by atoms with Crippen LogP contribution in [0.5, 0.6) is 0 Å². The minimum absolute atomic E-state index is 0.182. The fourth-order valence-corrected chi connectivity index (χ4v) is 1.16. The first-order chi connectivity index (χ1) is 8.53. The maximum Gasteiger partial charge on any atom is 0.407 e. The molecule has 0 fully saturated rings. The molecule has 0 aromatic heterocycles. The number of carbonyl (C=O) groups is 3. The summed E-state index contributed by atoms with van der Waals surface area (Å²) in [5.41, 5.74) is -0.661. The van der Waals surface area contributed by atoms with Crippen molar-refractivity contribution in [2.45, 2.75) is 32.4 Å². The van der Waals surface area contributed by atoms with Gasteiger partial charge >= 0.3 is 12.2 Å². The van der Waals surface area contributed by atoms with Gasteiger partial charge in [-0.1, -0.05) is 0 Å². The molecule has 0 heterocycles. The molecule has 3 amide bonds. The van der Waals surface area contributed by atoms with E-state index in [1.54, 1.807) is 20.8 Å². The van der Waals surface area contributed by atoms with Crippen molar-refractivity contribution in [3.63, 3.8) is 0 Å². The van der Waals surface area contributed by atoms with Crippen molar-refractivity contribution in [3.05, 3.63) is 0 Å². The van der Waals surface area contributed by atoms with Gasteiger partial charge < -0.3 is 25.4 Å². The van der Waals surface area contributed by atoms with Gasteiger partial charge in [0.15, 0.2) is 0 Å². The molecule has 0 radical (unpaired) electrons. The SMILES string of the molecule is CN(C)C(=O)[C@@H](CNC(=O)OC(C)(C)C)NC(=O)O. The van der Waals surface area contributed by atoms with Gasteiger partial charge in [0, 0.05) is 14.1 Å². The lowest BCUT2D eigenvalue weighted by molar-refractivity contribution is -0.130. The molecular weight excluding hydrogens is 254 g/mol. The van der Waals surface area contributed by atoms with Crippen molar-refractivity contribution in [3.8, 4) is 0 Å². The Bertz CT molecular complexity index is 349. The first kappa shape index (κ1) is 17.0. The number of carboxylic acid groups (broad SMARTS) is 1. The number of rotatable bonds is 4. The number of nitrogens with one attached hydrogen (secondary N) is 2. The number of amides is 3. The predicted octanol–water partition coefficient (Wildman–Crippen LogP) is 0.236. The van der Waals surface area contributed by atoms with E-state index in [4.69, 9.17) is 9.84 Å². The maximum absolute atomic E-state index is 11.7. The average molecular weight is 275 g/mol. The molecule has 0 aromatic carbocycles. The Hall–Kier alpha value is -1.99. The maximum atomic E-state index is 11.7. The second kappa shape index (κ2) is 6.81. The van der Waals surface area contributed by atoms with Crippen molar-refractivity contribution in [2.24, 2.45) is 0 Å². The van der Waals surface area contributed by atoms with Crippen LogP contribution in [0.4, 0.5) is 9.59 Å². The lowest BCUT2D eigenvalue weighted by atomic mass is 10.2. The molecule has 0 aromatic rings. The van der Waals surface area contributed by atoms with Gasteiger partial charge in [-0.05, 0) is 20.8 Å². The highest BCUT2D eigenvalue weighted by Gasteiger charge is 2.24. The Labute approximate surface area is 112 Å². The molecule has 0 aliphatic heterocycles. The molecule has 0 aliphatic carbocycles. The summed E-state index contributed by atoms with van der Waals surface area (Å²) in [6, 6.07) is -1.06. The highest BCUT2D eigenvalue weighted by atomic mass is 16.6. The molecule has 8 heteroatoms. The molecule has 0 bridgehead atoms. The zero-order chi connectivity index (χ0) is 15.2. The fourth-order valence-electron chi connectivity index (χ4n) is 1.16. The summed E-state index contributed by atoms with van der Waals surface area (Å²) in [7, 11) is 2.98. The van der Waals surface area contributed by atoms with Crippen molar-refractivity contribution in [2.75, 3.05) is 20.6 Å². The van der Waals surface area contributed by atoms with E-state index in [9.17, 15) is 14.4 Å². The van der Waals surface area contributed by atoms with Gasteiger partial charge in [0.25, 0.3) is 0 Å². The molecular formula is C11H21N3O5. The summed E-state index contributed by atoms with van der Waals surface area (Å²) in [5, 5.41) is 13.0. The van der Waals surface area contributed by atoms with Crippen LogP contribution in [0.1, 0.15) is 20.8 Å². The normalized spacial score (nSPS) is 12.3. The van der Waals surface area contributed by atoms with Gasteiger partial charge in [-0.25, -0.2) is 9.59 Å². The monoisotopic (exact) mass is 275 g/mol. The van der Waals surface area contributed by atoms with Crippen LogP contribution in [0.15, 0.2) is 0 Å². The third kappa shape index (κ3) is 7.85.